The number of nitrogens with two attached hydrogens (primary N) is 2. The fraction of sp³-hybridized carbons (Fsp3) is 0. The molecule has 2 aromatic rings. The molecule has 0 heterocycles. The van der Waals surface area contributed by atoms with E-state index in [1.165, 1.54) is 6.21 Å². The van der Waals surface area contributed by atoms with Crippen LogP contribution < -0.4 is 16.8 Å². The second kappa shape index (κ2) is 6.91. The average molecular weight is 280 g/mol. The molecule has 0 saturated heterocycles. The number of para-hydroxylation sites is 4. The molecule has 0 bridgehead atoms. The average Bonchev–Trinajstić information content (AvgIpc) is 2.50. The van der Waals surface area contributed by atoms with E-state index in [1.807, 2.05) is 30.3 Å². The summed E-state index contributed by atoms with van der Waals surface area (Å²) in [5, 5.41) is 2.97. The number of carbonyl (C=O) groups is 1. The van der Waals surface area contributed by atoms with Crippen LogP contribution in [-0.4, -0.2) is 12.5 Å². The summed E-state index contributed by atoms with van der Waals surface area (Å²) in [5.41, 5.74) is 14.5. The molecule has 0 radical (unpaired) electrons. The van der Waals surface area contributed by atoms with E-state index >= 15 is 0 Å². The smallest absolute Gasteiger partial charge is 0.153 e. The van der Waals surface area contributed by atoms with Crippen LogP contribution in [0.5, 0.6) is 0 Å². The Morgan fingerprint density at radius 1 is 1.00 bits per heavy atom. The highest BCUT2D eigenvalue weighted by Crippen LogP contribution is 2.20. The Balaban J connectivity index is 2.13. The van der Waals surface area contributed by atoms with Crippen LogP contribution in [0.15, 0.2) is 65.3 Å². The Hall–Kier alpha value is -3.08. The summed E-state index contributed by atoms with van der Waals surface area (Å²) in [4.78, 5) is 15.2. The maximum absolute atomic E-state index is 11.1. The molecule has 2 rings (SSSR count). The van der Waals surface area contributed by atoms with E-state index < -0.39 is 0 Å². The first-order chi connectivity index (χ1) is 10.2. The summed E-state index contributed by atoms with van der Waals surface area (Å²) in [6.07, 6.45) is 3.70. The summed E-state index contributed by atoms with van der Waals surface area (Å²) >= 11 is 0. The van der Waals surface area contributed by atoms with Gasteiger partial charge in [-0.25, -0.2) is 0 Å². The van der Waals surface area contributed by atoms with Crippen LogP contribution in [-0.2, 0) is 4.79 Å². The minimum Gasteiger partial charge on any atom is -0.397 e. The van der Waals surface area contributed by atoms with Crippen molar-refractivity contribution in [1.29, 1.82) is 0 Å². The number of hydrogen-bond acceptors (Lipinski definition) is 5. The highest BCUT2D eigenvalue weighted by molar-refractivity contribution is 6.03. The standard InChI is InChI=1S/C16H16N4O/c17-13-5-1-3-7-15(13)19-9-12(11-21)10-20-16-8-4-2-6-14(16)18/h1-11,19H,17-18H2/b12-9-,20-10?. The Morgan fingerprint density at radius 3 is 2.33 bits per heavy atom. The minimum atomic E-state index is 0.376. The number of nitrogens with zero attached hydrogens (tertiary/aromatic N) is 1. The van der Waals surface area contributed by atoms with Gasteiger partial charge in [0.15, 0.2) is 6.29 Å². The van der Waals surface area contributed by atoms with E-state index in [4.69, 9.17) is 11.5 Å². The van der Waals surface area contributed by atoms with Crippen molar-refractivity contribution in [3.05, 3.63) is 60.3 Å². The third-order valence-corrected chi connectivity index (χ3v) is 2.78. The van der Waals surface area contributed by atoms with Crippen molar-refractivity contribution in [1.82, 2.24) is 0 Å². The summed E-state index contributed by atoms with van der Waals surface area (Å²) in [7, 11) is 0. The molecular weight excluding hydrogens is 264 g/mol. The van der Waals surface area contributed by atoms with E-state index in [0.29, 0.717) is 28.9 Å². The SMILES string of the molecule is Nc1ccccc1N=C/C(C=O)=C/Nc1ccccc1N. The molecular formula is C16H16N4O. The molecule has 0 aliphatic heterocycles. The summed E-state index contributed by atoms with van der Waals surface area (Å²) in [6.45, 7) is 0. The van der Waals surface area contributed by atoms with Gasteiger partial charge in [0, 0.05) is 18.0 Å². The summed E-state index contributed by atoms with van der Waals surface area (Å²) in [5.74, 6) is 0. The fourth-order valence-electron chi connectivity index (χ4n) is 1.64. The zero-order valence-corrected chi connectivity index (χ0v) is 11.4. The minimum absolute atomic E-state index is 0.376. The van der Waals surface area contributed by atoms with Crippen LogP contribution in [0.2, 0.25) is 0 Å². The van der Waals surface area contributed by atoms with Crippen molar-refractivity contribution in [3.8, 4) is 0 Å². The van der Waals surface area contributed by atoms with Crippen LogP contribution in [0.25, 0.3) is 0 Å². The predicted octanol–water partition coefficient (Wildman–Crippen LogP) is 2.75. The lowest BCUT2D eigenvalue weighted by molar-refractivity contribution is -0.104. The molecule has 5 heteroatoms. The van der Waals surface area contributed by atoms with Crippen LogP contribution in [0.1, 0.15) is 0 Å². The summed E-state index contributed by atoms with van der Waals surface area (Å²) in [6, 6.07) is 14.5. The van der Waals surface area contributed by atoms with E-state index in [0.717, 1.165) is 5.69 Å². The highest BCUT2D eigenvalue weighted by Gasteiger charge is 1.97. The second-order valence-electron chi connectivity index (χ2n) is 4.31. The van der Waals surface area contributed by atoms with Gasteiger partial charge in [0.1, 0.15) is 0 Å². The maximum atomic E-state index is 11.1. The van der Waals surface area contributed by atoms with Gasteiger partial charge in [-0.3, -0.25) is 9.79 Å². The molecule has 0 fully saturated rings. The highest BCUT2D eigenvalue weighted by atomic mass is 16.1. The maximum Gasteiger partial charge on any atom is 0.153 e. The van der Waals surface area contributed by atoms with Crippen LogP contribution in [0.3, 0.4) is 0 Å². The van der Waals surface area contributed by atoms with Gasteiger partial charge in [-0.05, 0) is 24.3 Å². The zero-order valence-electron chi connectivity index (χ0n) is 11.4. The lowest BCUT2D eigenvalue weighted by Crippen LogP contribution is -1.97. The molecule has 0 saturated carbocycles. The third kappa shape index (κ3) is 3.94. The van der Waals surface area contributed by atoms with Gasteiger partial charge in [-0.1, -0.05) is 24.3 Å². The van der Waals surface area contributed by atoms with Crippen molar-refractivity contribution in [3.63, 3.8) is 0 Å². The molecule has 0 spiro atoms. The van der Waals surface area contributed by atoms with Gasteiger partial charge in [-0.15, -0.1) is 0 Å². The molecule has 0 aromatic heterocycles. The summed E-state index contributed by atoms with van der Waals surface area (Å²) < 4.78 is 0. The number of allylic oxidation sites excluding steroid dienone is 1. The Kier molecular flexibility index (Phi) is 4.71. The predicted molar refractivity (Wildman–Crippen MR) is 87.6 cm³/mol. The van der Waals surface area contributed by atoms with Crippen molar-refractivity contribution in [2.45, 2.75) is 0 Å². The van der Waals surface area contributed by atoms with Crippen molar-refractivity contribution in [2.75, 3.05) is 16.8 Å². The van der Waals surface area contributed by atoms with E-state index in [-0.39, 0.29) is 0 Å². The zero-order chi connectivity index (χ0) is 15.1. The molecule has 5 N–H and O–H groups in total. The van der Waals surface area contributed by atoms with Crippen molar-refractivity contribution >= 4 is 35.3 Å². The van der Waals surface area contributed by atoms with Gasteiger partial charge < -0.3 is 16.8 Å². The first-order valence-corrected chi connectivity index (χ1v) is 6.35. The van der Waals surface area contributed by atoms with Crippen LogP contribution >= 0.6 is 0 Å². The van der Waals surface area contributed by atoms with E-state index in [9.17, 15) is 4.79 Å². The van der Waals surface area contributed by atoms with Gasteiger partial charge in [0.2, 0.25) is 0 Å². The number of carbonyl (C=O) groups excluding carboxylic acids is 1. The largest absolute Gasteiger partial charge is 0.397 e. The van der Waals surface area contributed by atoms with Crippen molar-refractivity contribution < 1.29 is 4.79 Å². The number of nitrogens with one attached hydrogen (secondary N) is 1. The second-order valence-corrected chi connectivity index (χ2v) is 4.31. The van der Waals surface area contributed by atoms with Gasteiger partial charge in [0.05, 0.1) is 22.7 Å². The van der Waals surface area contributed by atoms with E-state index in [2.05, 4.69) is 10.3 Å². The van der Waals surface area contributed by atoms with E-state index in [1.54, 1.807) is 24.4 Å². The number of aliphatic imine (C=N–C) groups is 1. The first-order valence-electron chi connectivity index (χ1n) is 6.35. The molecule has 2 aromatic carbocycles. The van der Waals surface area contributed by atoms with Gasteiger partial charge in [-0.2, -0.15) is 0 Å². The Bertz CT molecular complexity index is 692. The lowest BCUT2D eigenvalue weighted by Gasteiger charge is -2.04. The normalized spacial score (nSPS) is 11.5. The molecule has 0 aliphatic carbocycles. The molecule has 0 unspecified atom stereocenters. The monoisotopic (exact) mass is 280 g/mol. The number of hydrogen-bond donors (Lipinski definition) is 3. The number of anilines is 3. The van der Waals surface area contributed by atoms with Crippen LogP contribution in [0.4, 0.5) is 22.7 Å². The Labute approximate surface area is 123 Å². The molecule has 5 nitrogen and oxygen atoms in total. The molecule has 0 amide bonds. The van der Waals surface area contributed by atoms with Gasteiger partial charge >= 0.3 is 0 Å². The van der Waals surface area contributed by atoms with Crippen molar-refractivity contribution in [2.24, 2.45) is 4.99 Å². The molecule has 21 heavy (non-hydrogen) atoms. The number of nitrogen functional groups attached to an aromatic ring is 2. The topological polar surface area (TPSA) is 93.5 Å². The lowest BCUT2D eigenvalue weighted by atomic mass is 10.2. The quantitative estimate of drug-likeness (QED) is 0.340. The van der Waals surface area contributed by atoms with Crippen LogP contribution in [0, 0.1) is 0 Å². The third-order valence-electron chi connectivity index (χ3n) is 2.78. The number of rotatable bonds is 5. The molecule has 0 atom stereocenters. The number of aldehydes is 1. The Morgan fingerprint density at radius 2 is 1.67 bits per heavy atom. The fourth-order valence-corrected chi connectivity index (χ4v) is 1.64. The molecule has 106 valence electrons. The first kappa shape index (κ1) is 14.3. The molecule has 0 aliphatic rings. The number of benzene rings is 2. The van der Waals surface area contributed by atoms with Gasteiger partial charge in [0.25, 0.3) is 0 Å².